The first kappa shape index (κ1) is 11.4. The van der Waals surface area contributed by atoms with Crippen molar-refractivity contribution in [1.82, 2.24) is 4.90 Å². The molecule has 0 saturated carbocycles. The highest BCUT2D eigenvalue weighted by atomic mass is 16.5. The minimum atomic E-state index is 0.488. The van der Waals surface area contributed by atoms with Crippen LogP contribution >= 0.6 is 0 Å². The first-order valence-electron chi connectivity index (χ1n) is 6.34. The standard InChI is InChI=1S/C12H24N2O/c1-3-9(2)12(6-13)14-7-10-4-5-11(8-14)15-10/h9-12H,3-8,13H2,1-2H3. The summed E-state index contributed by atoms with van der Waals surface area (Å²) in [5, 5.41) is 0. The van der Waals surface area contributed by atoms with Crippen LogP contribution in [-0.2, 0) is 4.74 Å². The van der Waals surface area contributed by atoms with Gasteiger partial charge in [-0.05, 0) is 18.8 Å². The average molecular weight is 212 g/mol. The number of nitrogens with zero attached hydrogens (tertiary/aromatic N) is 1. The van der Waals surface area contributed by atoms with Crippen LogP contribution in [0.25, 0.3) is 0 Å². The van der Waals surface area contributed by atoms with E-state index in [9.17, 15) is 0 Å². The van der Waals surface area contributed by atoms with Gasteiger partial charge in [0.15, 0.2) is 0 Å². The molecular formula is C12H24N2O. The fourth-order valence-corrected chi connectivity index (χ4v) is 2.93. The predicted octanol–water partition coefficient (Wildman–Crippen LogP) is 1.22. The number of hydrogen-bond acceptors (Lipinski definition) is 3. The van der Waals surface area contributed by atoms with Crippen LogP contribution in [0.1, 0.15) is 33.1 Å². The highest BCUT2D eigenvalue weighted by Gasteiger charge is 2.37. The molecule has 0 aliphatic carbocycles. The van der Waals surface area contributed by atoms with Gasteiger partial charge in [-0.1, -0.05) is 20.3 Å². The topological polar surface area (TPSA) is 38.5 Å². The van der Waals surface area contributed by atoms with Gasteiger partial charge in [0.05, 0.1) is 12.2 Å². The summed E-state index contributed by atoms with van der Waals surface area (Å²) in [5.74, 6) is 0.701. The number of morpholine rings is 1. The van der Waals surface area contributed by atoms with Crippen LogP contribution in [-0.4, -0.2) is 42.8 Å². The van der Waals surface area contributed by atoms with Gasteiger partial charge in [-0.25, -0.2) is 0 Å². The van der Waals surface area contributed by atoms with Gasteiger partial charge in [0, 0.05) is 25.7 Å². The molecule has 0 aromatic heterocycles. The van der Waals surface area contributed by atoms with E-state index in [0.29, 0.717) is 24.2 Å². The summed E-state index contributed by atoms with van der Waals surface area (Å²) in [6.07, 6.45) is 4.69. The molecule has 0 aromatic carbocycles. The Labute approximate surface area is 93.0 Å². The molecule has 2 N–H and O–H groups in total. The molecule has 88 valence electrons. The molecule has 4 atom stereocenters. The van der Waals surface area contributed by atoms with Crippen LogP contribution in [0.15, 0.2) is 0 Å². The molecule has 2 bridgehead atoms. The number of likely N-dealkylation sites (tertiary alicyclic amines) is 1. The van der Waals surface area contributed by atoms with E-state index in [0.717, 1.165) is 19.6 Å². The third-order valence-corrected chi connectivity index (χ3v) is 4.08. The van der Waals surface area contributed by atoms with Crippen molar-refractivity contribution in [2.24, 2.45) is 11.7 Å². The fourth-order valence-electron chi connectivity index (χ4n) is 2.93. The van der Waals surface area contributed by atoms with Crippen LogP contribution < -0.4 is 5.73 Å². The number of fused-ring (bicyclic) bond motifs is 2. The van der Waals surface area contributed by atoms with Crippen molar-refractivity contribution < 1.29 is 4.74 Å². The van der Waals surface area contributed by atoms with Crippen molar-refractivity contribution in [2.75, 3.05) is 19.6 Å². The Morgan fingerprint density at radius 3 is 2.40 bits per heavy atom. The van der Waals surface area contributed by atoms with Gasteiger partial charge >= 0.3 is 0 Å². The summed E-state index contributed by atoms with van der Waals surface area (Å²) in [7, 11) is 0. The Kier molecular flexibility index (Phi) is 3.65. The second-order valence-electron chi connectivity index (χ2n) is 5.10. The first-order valence-corrected chi connectivity index (χ1v) is 6.34. The first-order chi connectivity index (χ1) is 7.24. The lowest BCUT2D eigenvalue weighted by molar-refractivity contribution is -0.0586. The van der Waals surface area contributed by atoms with Crippen molar-refractivity contribution in [3.05, 3.63) is 0 Å². The molecule has 2 heterocycles. The SMILES string of the molecule is CCC(C)C(CN)N1CC2CCC(C1)O2. The fraction of sp³-hybridized carbons (Fsp3) is 1.00. The van der Waals surface area contributed by atoms with E-state index in [-0.39, 0.29) is 0 Å². The van der Waals surface area contributed by atoms with Gasteiger partial charge < -0.3 is 10.5 Å². The Morgan fingerprint density at radius 2 is 1.93 bits per heavy atom. The second kappa shape index (κ2) is 4.81. The number of rotatable bonds is 4. The molecule has 0 spiro atoms. The maximum Gasteiger partial charge on any atom is 0.0707 e. The maximum absolute atomic E-state index is 5.91. The molecule has 4 unspecified atom stereocenters. The van der Waals surface area contributed by atoms with Crippen LogP contribution in [0, 0.1) is 5.92 Å². The van der Waals surface area contributed by atoms with Crippen molar-refractivity contribution in [3.8, 4) is 0 Å². The van der Waals surface area contributed by atoms with Gasteiger partial charge in [-0.3, -0.25) is 4.90 Å². The van der Waals surface area contributed by atoms with Crippen LogP contribution in [0.5, 0.6) is 0 Å². The van der Waals surface area contributed by atoms with E-state index in [1.165, 1.54) is 19.3 Å². The number of ether oxygens (including phenoxy) is 1. The molecule has 2 rings (SSSR count). The molecule has 0 amide bonds. The molecule has 3 heteroatoms. The van der Waals surface area contributed by atoms with Crippen molar-refractivity contribution >= 4 is 0 Å². The average Bonchev–Trinajstić information content (AvgIpc) is 2.59. The minimum Gasteiger partial charge on any atom is -0.372 e. The van der Waals surface area contributed by atoms with E-state index in [1.807, 2.05) is 0 Å². The summed E-state index contributed by atoms with van der Waals surface area (Å²) in [6, 6.07) is 0.557. The maximum atomic E-state index is 5.91. The largest absolute Gasteiger partial charge is 0.372 e. The third-order valence-electron chi connectivity index (χ3n) is 4.08. The molecule has 15 heavy (non-hydrogen) atoms. The number of hydrogen-bond donors (Lipinski definition) is 1. The Bertz CT molecular complexity index is 198. The lowest BCUT2D eigenvalue weighted by atomic mass is 9.97. The normalized spacial score (nSPS) is 35.4. The highest BCUT2D eigenvalue weighted by molar-refractivity contribution is 4.89. The quantitative estimate of drug-likeness (QED) is 0.761. The van der Waals surface area contributed by atoms with Gasteiger partial charge in [-0.2, -0.15) is 0 Å². The zero-order valence-electron chi connectivity index (χ0n) is 9.98. The van der Waals surface area contributed by atoms with E-state index >= 15 is 0 Å². The zero-order valence-corrected chi connectivity index (χ0v) is 9.98. The van der Waals surface area contributed by atoms with E-state index in [1.54, 1.807) is 0 Å². The van der Waals surface area contributed by atoms with Crippen LogP contribution in [0.4, 0.5) is 0 Å². The molecule has 2 aliphatic rings. The van der Waals surface area contributed by atoms with Crippen molar-refractivity contribution in [3.63, 3.8) is 0 Å². The van der Waals surface area contributed by atoms with Gasteiger partial charge in [0.25, 0.3) is 0 Å². The summed E-state index contributed by atoms with van der Waals surface area (Å²) in [4.78, 5) is 2.57. The summed E-state index contributed by atoms with van der Waals surface area (Å²) in [6.45, 7) is 7.55. The van der Waals surface area contributed by atoms with Crippen molar-refractivity contribution in [1.29, 1.82) is 0 Å². The molecule has 0 radical (unpaired) electrons. The summed E-state index contributed by atoms with van der Waals surface area (Å²) >= 11 is 0. The Hall–Kier alpha value is -0.120. The third kappa shape index (κ3) is 2.35. The van der Waals surface area contributed by atoms with E-state index < -0.39 is 0 Å². The smallest absolute Gasteiger partial charge is 0.0707 e. The van der Waals surface area contributed by atoms with Gasteiger partial charge in [0.2, 0.25) is 0 Å². The zero-order chi connectivity index (χ0) is 10.8. The predicted molar refractivity (Wildman–Crippen MR) is 61.8 cm³/mol. The lowest BCUT2D eigenvalue weighted by Gasteiger charge is -2.40. The molecule has 3 nitrogen and oxygen atoms in total. The summed E-state index contributed by atoms with van der Waals surface area (Å²) < 4.78 is 5.85. The monoisotopic (exact) mass is 212 g/mol. The van der Waals surface area contributed by atoms with Gasteiger partial charge in [0.1, 0.15) is 0 Å². The van der Waals surface area contributed by atoms with Crippen LogP contribution in [0.2, 0.25) is 0 Å². The molecule has 2 fully saturated rings. The van der Waals surface area contributed by atoms with E-state index in [4.69, 9.17) is 10.5 Å². The Morgan fingerprint density at radius 1 is 1.33 bits per heavy atom. The van der Waals surface area contributed by atoms with Crippen molar-refractivity contribution in [2.45, 2.75) is 51.4 Å². The second-order valence-corrected chi connectivity index (χ2v) is 5.10. The molecule has 2 aliphatic heterocycles. The molecule has 2 saturated heterocycles. The van der Waals surface area contributed by atoms with Crippen LogP contribution in [0.3, 0.4) is 0 Å². The Balaban J connectivity index is 1.96. The molecule has 0 aromatic rings. The van der Waals surface area contributed by atoms with Gasteiger partial charge in [-0.15, -0.1) is 0 Å². The number of nitrogens with two attached hydrogens (primary N) is 1. The minimum absolute atomic E-state index is 0.488. The van der Waals surface area contributed by atoms with E-state index in [2.05, 4.69) is 18.7 Å². The summed E-state index contributed by atoms with van der Waals surface area (Å²) in [5.41, 5.74) is 5.91. The molecular weight excluding hydrogens is 188 g/mol. The highest BCUT2D eigenvalue weighted by Crippen LogP contribution is 2.29. The lowest BCUT2D eigenvalue weighted by Crippen LogP contribution is -2.52.